The van der Waals surface area contributed by atoms with Crippen LogP contribution < -0.4 is 10.6 Å². The lowest BCUT2D eigenvalue weighted by Crippen LogP contribution is -2.32. The smallest absolute Gasteiger partial charge is 0.415 e. The largest absolute Gasteiger partial charge is 0.434 e. The maximum atomic E-state index is 11.7. The van der Waals surface area contributed by atoms with Gasteiger partial charge in [0, 0.05) is 24.8 Å². The number of nitrogens with two attached hydrogens (primary N) is 1. The van der Waals surface area contributed by atoms with Crippen LogP contribution in [0, 0.1) is 0 Å². The number of ether oxygens (including phenoxy) is 1. The highest BCUT2D eigenvalue weighted by atomic mass is 16.6. The molecule has 0 unspecified atom stereocenters. The first-order valence-corrected chi connectivity index (χ1v) is 6.70. The van der Waals surface area contributed by atoms with Crippen LogP contribution in [0.3, 0.4) is 0 Å². The van der Waals surface area contributed by atoms with E-state index in [4.69, 9.17) is 10.5 Å². The second-order valence-electron chi connectivity index (χ2n) is 5.06. The van der Waals surface area contributed by atoms with Gasteiger partial charge in [-0.1, -0.05) is 0 Å². The highest BCUT2D eigenvalue weighted by Crippen LogP contribution is 2.23. The molecule has 1 fully saturated rings. The predicted molar refractivity (Wildman–Crippen MR) is 77.3 cm³/mol. The Labute approximate surface area is 122 Å². The van der Waals surface area contributed by atoms with Crippen molar-refractivity contribution in [3.8, 4) is 0 Å². The Morgan fingerprint density at radius 1 is 1.38 bits per heavy atom. The van der Waals surface area contributed by atoms with Gasteiger partial charge in [-0.2, -0.15) is 0 Å². The maximum Gasteiger partial charge on any atom is 0.415 e. The number of hydrogen-bond donors (Lipinski definition) is 1. The van der Waals surface area contributed by atoms with Crippen molar-refractivity contribution in [3.63, 3.8) is 0 Å². The molecule has 2 heterocycles. The number of carbonyl (C=O) groups is 2. The van der Waals surface area contributed by atoms with E-state index in [1.807, 2.05) is 31.3 Å². The van der Waals surface area contributed by atoms with Gasteiger partial charge >= 0.3 is 6.09 Å². The second kappa shape index (κ2) is 5.08. The van der Waals surface area contributed by atoms with E-state index in [0.29, 0.717) is 5.69 Å². The zero-order chi connectivity index (χ0) is 15.0. The van der Waals surface area contributed by atoms with Gasteiger partial charge in [0.15, 0.2) is 6.10 Å². The molecule has 0 spiro atoms. The van der Waals surface area contributed by atoms with Crippen LogP contribution in [-0.4, -0.2) is 55.5 Å². The molecule has 110 valence electrons. The van der Waals surface area contributed by atoms with E-state index >= 15 is 0 Å². The summed E-state index contributed by atoms with van der Waals surface area (Å²) in [4.78, 5) is 30.8. The average Bonchev–Trinajstić information content (AvgIpc) is 3.05. The van der Waals surface area contributed by atoms with Crippen LogP contribution in [0.2, 0.25) is 0 Å². The summed E-state index contributed by atoms with van der Waals surface area (Å²) >= 11 is 0. The van der Waals surface area contributed by atoms with Crippen LogP contribution in [0.1, 0.15) is 5.56 Å². The molecule has 2 aliphatic heterocycles. The third kappa shape index (κ3) is 2.42. The summed E-state index contributed by atoms with van der Waals surface area (Å²) in [5, 5.41) is 0. The quantitative estimate of drug-likeness (QED) is 0.860. The molecule has 1 saturated heterocycles. The van der Waals surface area contributed by atoms with E-state index in [1.54, 1.807) is 0 Å². The van der Waals surface area contributed by atoms with Gasteiger partial charge in [0.2, 0.25) is 0 Å². The van der Waals surface area contributed by atoms with Gasteiger partial charge < -0.3 is 15.4 Å². The molecule has 7 heteroatoms. The van der Waals surface area contributed by atoms with Gasteiger partial charge in [0.25, 0.3) is 5.91 Å². The monoisotopic (exact) mass is 288 g/mol. The molecule has 3 rings (SSSR count). The van der Waals surface area contributed by atoms with E-state index in [-0.39, 0.29) is 6.54 Å². The maximum absolute atomic E-state index is 11.7. The third-order valence-electron chi connectivity index (χ3n) is 3.62. The predicted octanol–water partition coefficient (Wildman–Crippen LogP) is 0.189. The van der Waals surface area contributed by atoms with Gasteiger partial charge in [0.1, 0.15) is 5.84 Å². The first kappa shape index (κ1) is 13.4. The lowest BCUT2D eigenvalue weighted by atomic mass is 10.1. The molecule has 0 saturated carbocycles. The number of rotatable bonds is 3. The van der Waals surface area contributed by atoms with Crippen LogP contribution in [-0.2, 0) is 9.53 Å². The zero-order valence-corrected chi connectivity index (χ0v) is 11.7. The summed E-state index contributed by atoms with van der Waals surface area (Å²) in [6.45, 7) is 1.86. The molecular formula is C14H16N4O3. The lowest BCUT2D eigenvalue weighted by Gasteiger charge is -2.16. The molecular weight excluding hydrogens is 272 g/mol. The highest BCUT2D eigenvalue weighted by molar-refractivity contribution is 6.00. The SMILES string of the molecule is CN1CCN=C1c1ccc(N2C[C@@H](C(N)=O)OC2=O)cc1. The van der Waals surface area contributed by atoms with Gasteiger partial charge in [0.05, 0.1) is 13.1 Å². The number of aliphatic imine (C=N–C) groups is 1. The minimum absolute atomic E-state index is 0.147. The van der Waals surface area contributed by atoms with Crippen molar-refractivity contribution < 1.29 is 14.3 Å². The zero-order valence-electron chi connectivity index (χ0n) is 11.7. The van der Waals surface area contributed by atoms with Crippen molar-refractivity contribution in [1.82, 2.24) is 4.90 Å². The molecule has 1 aromatic rings. The number of primary amides is 1. The van der Waals surface area contributed by atoms with Crippen LogP contribution in [0.5, 0.6) is 0 Å². The Morgan fingerprint density at radius 3 is 2.62 bits per heavy atom. The first-order chi connectivity index (χ1) is 10.1. The van der Waals surface area contributed by atoms with Gasteiger partial charge in [-0.05, 0) is 24.3 Å². The Morgan fingerprint density at radius 2 is 2.10 bits per heavy atom. The number of cyclic esters (lactones) is 1. The number of amides is 2. The van der Waals surface area contributed by atoms with Gasteiger partial charge in [-0.3, -0.25) is 14.7 Å². The van der Waals surface area contributed by atoms with Gasteiger partial charge in [-0.15, -0.1) is 0 Å². The Bertz CT molecular complexity index is 611. The number of amidine groups is 1. The molecule has 7 nitrogen and oxygen atoms in total. The van der Waals surface area contributed by atoms with Crippen molar-refractivity contribution in [2.45, 2.75) is 6.10 Å². The second-order valence-corrected chi connectivity index (χ2v) is 5.06. The molecule has 0 aromatic heterocycles. The van der Waals surface area contributed by atoms with E-state index in [1.165, 1.54) is 4.90 Å². The minimum atomic E-state index is -0.887. The Balaban J connectivity index is 1.79. The molecule has 1 aromatic carbocycles. The van der Waals surface area contributed by atoms with Crippen molar-refractivity contribution in [2.24, 2.45) is 10.7 Å². The molecule has 0 radical (unpaired) electrons. The van der Waals surface area contributed by atoms with E-state index in [9.17, 15) is 9.59 Å². The fraction of sp³-hybridized carbons (Fsp3) is 0.357. The summed E-state index contributed by atoms with van der Waals surface area (Å²) in [7, 11) is 2.00. The van der Waals surface area contributed by atoms with Crippen molar-refractivity contribution in [3.05, 3.63) is 29.8 Å². The number of benzene rings is 1. The molecule has 0 bridgehead atoms. The molecule has 21 heavy (non-hydrogen) atoms. The van der Waals surface area contributed by atoms with Crippen LogP contribution in [0.25, 0.3) is 0 Å². The Hall–Kier alpha value is -2.57. The molecule has 2 amide bonds. The van der Waals surface area contributed by atoms with Gasteiger partial charge in [-0.25, -0.2) is 4.79 Å². The standard InChI is InChI=1S/C14H16N4O3/c1-17-7-6-16-13(17)9-2-4-10(5-3-9)18-8-11(12(15)19)21-14(18)20/h2-5,11H,6-8H2,1H3,(H2,15,19)/t11-/m0/s1. The molecule has 1 atom stereocenters. The fourth-order valence-corrected chi connectivity index (χ4v) is 2.46. The molecule has 2 aliphatic rings. The number of likely N-dealkylation sites (N-methyl/N-ethyl adjacent to an activating group) is 1. The third-order valence-corrected chi connectivity index (χ3v) is 3.62. The van der Waals surface area contributed by atoms with Crippen molar-refractivity contribution in [1.29, 1.82) is 0 Å². The number of nitrogens with zero attached hydrogens (tertiary/aromatic N) is 3. The summed E-state index contributed by atoms with van der Waals surface area (Å²) in [6.07, 6.45) is -1.44. The first-order valence-electron chi connectivity index (χ1n) is 6.70. The summed E-state index contributed by atoms with van der Waals surface area (Å²) in [6, 6.07) is 7.44. The summed E-state index contributed by atoms with van der Waals surface area (Å²) < 4.78 is 4.92. The average molecular weight is 288 g/mol. The normalized spacial score (nSPS) is 21.5. The molecule has 0 aliphatic carbocycles. The lowest BCUT2D eigenvalue weighted by molar-refractivity contribution is -0.124. The number of anilines is 1. The van der Waals surface area contributed by atoms with E-state index in [0.717, 1.165) is 24.5 Å². The highest BCUT2D eigenvalue weighted by Gasteiger charge is 2.35. The van der Waals surface area contributed by atoms with Crippen molar-refractivity contribution in [2.75, 3.05) is 31.6 Å². The topological polar surface area (TPSA) is 88.2 Å². The summed E-state index contributed by atoms with van der Waals surface area (Å²) in [5.74, 6) is 0.310. The molecule has 2 N–H and O–H groups in total. The fourth-order valence-electron chi connectivity index (χ4n) is 2.46. The Kier molecular flexibility index (Phi) is 3.25. The van der Waals surface area contributed by atoms with E-state index in [2.05, 4.69) is 9.89 Å². The van der Waals surface area contributed by atoms with Crippen LogP contribution >= 0.6 is 0 Å². The summed E-state index contributed by atoms with van der Waals surface area (Å²) in [5.41, 5.74) is 6.83. The van der Waals surface area contributed by atoms with Crippen molar-refractivity contribution >= 4 is 23.5 Å². The number of carbonyl (C=O) groups excluding carboxylic acids is 2. The van der Waals surface area contributed by atoms with E-state index < -0.39 is 18.1 Å². The minimum Gasteiger partial charge on any atom is -0.434 e. The van der Waals surface area contributed by atoms with Crippen LogP contribution in [0.4, 0.5) is 10.5 Å². The number of hydrogen-bond acceptors (Lipinski definition) is 5. The van der Waals surface area contributed by atoms with Crippen LogP contribution in [0.15, 0.2) is 29.3 Å².